The van der Waals surface area contributed by atoms with E-state index >= 15 is 0 Å². The Kier molecular flexibility index (Phi) is 2.55. The first-order valence-electron chi connectivity index (χ1n) is 7.85. The van der Waals surface area contributed by atoms with E-state index in [9.17, 15) is 15.0 Å². The number of aliphatic hydroxyl groups is 2. The summed E-state index contributed by atoms with van der Waals surface area (Å²) >= 11 is 0. The van der Waals surface area contributed by atoms with Gasteiger partial charge in [0.2, 0.25) is 0 Å². The van der Waals surface area contributed by atoms with E-state index < -0.39 is 17.2 Å². The number of Topliss-reactive ketones (excluding diaryl/α,β-unsaturated/α-hetero) is 1. The first kappa shape index (κ1) is 13.0. The van der Waals surface area contributed by atoms with Gasteiger partial charge in [-0.15, -0.1) is 0 Å². The molecule has 2 aliphatic carbocycles. The molecule has 4 aliphatic rings. The summed E-state index contributed by atoms with van der Waals surface area (Å²) in [6.07, 6.45) is 5.11. The van der Waals surface area contributed by atoms with E-state index in [0.717, 1.165) is 32.4 Å². The van der Waals surface area contributed by atoms with Gasteiger partial charge in [-0.3, -0.25) is 9.69 Å². The summed E-state index contributed by atoms with van der Waals surface area (Å²) in [5.41, 5.74) is -0.524. The van der Waals surface area contributed by atoms with Crippen LogP contribution in [-0.2, 0) is 4.79 Å². The van der Waals surface area contributed by atoms with Crippen molar-refractivity contribution in [3.8, 4) is 0 Å². The highest BCUT2D eigenvalue weighted by atomic mass is 16.3. The number of nitrogens with zero attached hydrogens (tertiary/aromatic N) is 1. The van der Waals surface area contributed by atoms with Crippen molar-refractivity contribution < 1.29 is 15.0 Å². The number of aliphatic hydroxyl groups excluding tert-OH is 1. The molecule has 0 aromatic heterocycles. The lowest BCUT2D eigenvalue weighted by molar-refractivity contribution is -0.230. The van der Waals surface area contributed by atoms with Crippen molar-refractivity contribution in [2.45, 2.75) is 56.3 Å². The third-order valence-electron chi connectivity index (χ3n) is 6.30. The summed E-state index contributed by atoms with van der Waals surface area (Å²) in [6.45, 7) is 3.84. The highest BCUT2D eigenvalue weighted by Gasteiger charge is 2.70. The van der Waals surface area contributed by atoms with Crippen molar-refractivity contribution in [3.63, 3.8) is 0 Å². The molecule has 4 nitrogen and oxygen atoms in total. The van der Waals surface area contributed by atoms with E-state index in [2.05, 4.69) is 17.9 Å². The van der Waals surface area contributed by atoms with Gasteiger partial charge in [-0.2, -0.15) is 0 Å². The Morgan fingerprint density at radius 2 is 2.20 bits per heavy atom. The van der Waals surface area contributed by atoms with Gasteiger partial charge in [-0.05, 0) is 45.1 Å². The van der Waals surface area contributed by atoms with Crippen LogP contribution < -0.4 is 0 Å². The average molecular weight is 277 g/mol. The Labute approximate surface area is 119 Å². The van der Waals surface area contributed by atoms with E-state index in [1.165, 1.54) is 5.57 Å². The average Bonchev–Trinajstić information content (AvgIpc) is 2.38. The van der Waals surface area contributed by atoms with E-state index in [1.54, 1.807) is 0 Å². The summed E-state index contributed by atoms with van der Waals surface area (Å²) < 4.78 is 0. The van der Waals surface area contributed by atoms with Gasteiger partial charge < -0.3 is 10.2 Å². The summed E-state index contributed by atoms with van der Waals surface area (Å²) in [6, 6.07) is 0. The van der Waals surface area contributed by atoms with Gasteiger partial charge in [0.1, 0.15) is 5.60 Å². The Morgan fingerprint density at radius 3 is 3.00 bits per heavy atom. The topological polar surface area (TPSA) is 60.8 Å². The molecular weight excluding hydrogens is 254 g/mol. The number of rotatable bonds is 0. The highest BCUT2D eigenvalue weighted by Crippen LogP contribution is 2.59. The number of ketones is 1. The van der Waals surface area contributed by atoms with Gasteiger partial charge in [0.15, 0.2) is 5.78 Å². The molecule has 2 N–H and O–H groups in total. The second-order valence-electron chi connectivity index (χ2n) is 7.24. The van der Waals surface area contributed by atoms with Gasteiger partial charge >= 0.3 is 0 Å². The minimum Gasteiger partial charge on any atom is -0.393 e. The Bertz CT molecular complexity index is 502. The van der Waals surface area contributed by atoms with Crippen LogP contribution in [0.2, 0.25) is 0 Å². The molecule has 0 radical (unpaired) electrons. The fraction of sp³-hybridized carbons (Fsp3) is 0.812. The molecule has 1 spiro atoms. The second-order valence-corrected chi connectivity index (χ2v) is 7.24. The molecule has 0 aromatic carbocycles. The van der Waals surface area contributed by atoms with Crippen LogP contribution in [0.25, 0.3) is 0 Å². The minimum atomic E-state index is -1.25. The molecule has 2 saturated heterocycles. The van der Waals surface area contributed by atoms with Crippen LogP contribution >= 0.6 is 0 Å². The third-order valence-corrected chi connectivity index (χ3v) is 6.30. The van der Waals surface area contributed by atoms with E-state index in [1.807, 2.05) is 0 Å². The van der Waals surface area contributed by atoms with E-state index in [-0.39, 0.29) is 17.6 Å². The molecule has 110 valence electrons. The summed E-state index contributed by atoms with van der Waals surface area (Å²) in [4.78, 5) is 14.9. The number of hydrogen-bond acceptors (Lipinski definition) is 4. The molecule has 20 heavy (non-hydrogen) atoms. The number of hydrogen-bond donors (Lipinski definition) is 2. The molecule has 3 fully saturated rings. The van der Waals surface area contributed by atoms with Crippen LogP contribution in [-0.4, -0.2) is 51.2 Å². The molecule has 0 aromatic rings. The number of carbonyl (C=O) groups is 1. The molecule has 2 aliphatic heterocycles. The molecule has 4 rings (SSSR count). The zero-order valence-corrected chi connectivity index (χ0v) is 12.0. The summed E-state index contributed by atoms with van der Waals surface area (Å²) in [5, 5.41) is 21.8. The standard InChI is InChI=1S/C16H23NO3/c1-10-7-11-8-13(19)16(20)4-2-5-17-6-3-12(18)14(11)15(16,17)9-10/h7,11-12,14,18,20H,2-6,8-9H2,1H3. The normalized spacial score (nSPS) is 51.5. The predicted octanol–water partition coefficient (Wildman–Crippen LogP) is 0.872. The molecular formula is C16H23NO3. The molecule has 5 atom stereocenters. The maximum Gasteiger partial charge on any atom is 0.166 e. The predicted molar refractivity (Wildman–Crippen MR) is 74.1 cm³/mol. The molecule has 2 heterocycles. The lowest BCUT2D eigenvalue weighted by Gasteiger charge is -2.67. The maximum absolute atomic E-state index is 12.6. The summed E-state index contributed by atoms with van der Waals surface area (Å²) in [7, 11) is 0. The molecule has 1 saturated carbocycles. The van der Waals surface area contributed by atoms with Crippen LogP contribution in [0.15, 0.2) is 11.6 Å². The molecule has 5 unspecified atom stereocenters. The van der Waals surface area contributed by atoms with Crippen LogP contribution in [0, 0.1) is 11.8 Å². The number of allylic oxidation sites excluding steroid dienone is 1. The lowest BCUT2D eigenvalue weighted by Crippen LogP contribution is -2.80. The van der Waals surface area contributed by atoms with Crippen molar-refractivity contribution in [2.75, 3.05) is 13.1 Å². The highest BCUT2D eigenvalue weighted by molar-refractivity contribution is 5.91. The summed E-state index contributed by atoms with van der Waals surface area (Å²) in [5.74, 6) is 0.122. The largest absolute Gasteiger partial charge is 0.393 e. The van der Waals surface area contributed by atoms with Gasteiger partial charge in [-0.1, -0.05) is 11.6 Å². The minimum absolute atomic E-state index is 0.00120. The van der Waals surface area contributed by atoms with Gasteiger partial charge in [-0.25, -0.2) is 0 Å². The van der Waals surface area contributed by atoms with Crippen molar-refractivity contribution in [3.05, 3.63) is 11.6 Å². The lowest BCUT2D eigenvalue weighted by atomic mass is 9.48. The smallest absolute Gasteiger partial charge is 0.166 e. The zero-order chi connectivity index (χ0) is 14.1. The molecule has 4 heteroatoms. The van der Waals surface area contributed by atoms with Gasteiger partial charge in [0.25, 0.3) is 0 Å². The van der Waals surface area contributed by atoms with Gasteiger partial charge in [0.05, 0.1) is 11.6 Å². The quantitative estimate of drug-likeness (QED) is 0.645. The fourth-order valence-electron chi connectivity index (χ4n) is 5.71. The van der Waals surface area contributed by atoms with E-state index in [0.29, 0.717) is 12.8 Å². The Morgan fingerprint density at radius 1 is 1.40 bits per heavy atom. The number of piperidine rings is 2. The van der Waals surface area contributed by atoms with Crippen LogP contribution in [0.5, 0.6) is 0 Å². The third kappa shape index (κ3) is 1.31. The van der Waals surface area contributed by atoms with Crippen molar-refractivity contribution in [1.82, 2.24) is 4.90 Å². The zero-order valence-electron chi connectivity index (χ0n) is 12.0. The molecule has 2 bridgehead atoms. The van der Waals surface area contributed by atoms with Crippen LogP contribution in [0.4, 0.5) is 0 Å². The SMILES string of the molecule is CC1=CC2CC(=O)C3(O)CCCN4CCC(O)C2C43C1. The Balaban J connectivity index is 1.95. The maximum atomic E-state index is 12.6. The van der Waals surface area contributed by atoms with E-state index in [4.69, 9.17) is 0 Å². The van der Waals surface area contributed by atoms with Crippen LogP contribution in [0.1, 0.15) is 39.0 Å². The second kappa shape index (κ2) is 3.93. The van der Waals surface area contributed by atoms with Crippen molar-refractivity contribution >= 4 is 5.78 Å². The Hall–Kier alpha value is -0.710. The van der Waals surface area contributed by atoms with Crippen LogP contribution in [0.3, 0.4) is 0 Å². The first-order valence-corrected chi connectivity index (χ1v) is 7.85. The molecule has 0 amide bonds. The van der Waals surface area contributed by atoms with Crippen molar-refractivity contribution in [1.29, 1.82) is 0 Å². The fourth-order valence-corrected chi connectivity index (χ4v) is 5.71. The monoisotopic (exact) mass is 277 g/mol. The number of carbonyl (C=O) groups excluding carboxylic acids is 1. The van der Waals surface area contributed by atoms with Gasteiger partial charge in [0, 0.05) is 18.9 Å². The van der Waals surface area contributed by atoms with Crippen molar-refractivity contribution in [2.24, 2.45) is 11.8 Å². The first-order chi connectivity index (χ1) is 9.49.